The van der Waals surface area contributed by atoms with Crippen molar-refractivity contribution < 1.29 is 31.9 Å². The van der Waals surface area contributed by atoms with Gasteiger partial charge in [-0.1, -0.05) is 0 Å². The summed E-state index contributed by atoms with van der Waals surface area (Å²) in [5.41, 5.74) is -1.71. The molecule has 1 aromatic carbocycles. The van der Waals surface area contributed by atoms with Gasteiger partial charge in [-0.3, -0.25) is 0 Å². The van der Waals surface area contributed by atoms with Crippen LogP contribution in [-0.2, 0) is 10.7 Å². The van der Waals surface area contributed by atoms with Gasteiger partial charge >= 0.3 is 11.9 Å². The molecule has 0 atom stereocenters. The maximum atomic E-state index is 12.7. The van der Waals surface area contributed by atoms with E-state index < -0.39 is 34.9 Å². The minimum Gasteiger partial charge on any atom is -0.477 e. The molecule has 0 fully saturated rings. The van der Waals surface area contributed by atoms with Crippen LogP contribution in [0.1, 0.15) is 5.56 Å². The Kier molecular flexibility index (Phi) is 2.65. The van der Waals surface area contributed by atoms with E-state index in [1.807, 2.05) is 0 Å². The maximum Gasteiger partial charge on any atom is 0.379 e. The van der Waals surface area contributed by atoms with Crippen molar-refractivity contribution in [2.45, 2.75) is 5.92 Å². The smallest absolute Gasteiger partial charge is 0.379 e. The Morgan fingerprint density at radius 1 is 1.07 bits per heavy atom. The van der Waals surface area contributed by atoms with Gasteiger partial charge in [0.05, 0.1) is 5.56 Å². The Morgan fingerprint density at radius 3 is 2.00 bits per heavy atom. The Labute approximate surface area is 79.9 Å². The van der Waals surface area contributed by atoms with Crippen molar-refractivity contribution in [3.63, 3.8) is 0 Å². The van der Waals surface area contributed by atoms with Gasteiger partial charge in [0.15, 0.2) is 11.6 Å². The molecule has 15 heavy (non-hydrogen) atoms. The fourth-order valence-corrected chi connectivity index (χ4v) is 0.878. The zero-order valence-corrected chi connectivity index (χ0v) is 6.90. The van der Waals surface area contributed by atoms with Crippen molar-refractivity contribution in [1.29, 1.82) is 0 Å². The first-order valence-corrected chi connectivity index (χ1v) is 3.53. The molecule has 1 aromatic rings. The van der Waals surface area contributed by atoms with Crippen molar-refractivity contribution in [3.8, 4) is 0 Å². The Hall–Kier alpha value is -1.66. The number of hydrogen-bond donors (Lipinski definition) is 1. The van der Waals surface area contributed by atoms with E-state index in [0.29, 0.717) is 0 Å². The van der Waals surface area contributed by atoms with Gasteiger partial charge in [-0.2, -0.15) is 8.78 Å². The van der Waals surface area contributed by atoms with Gasteiger partial charge in [-0.25, -0.2) is 18.0 Å². The van der Waals surface area contributed by atoms with Crippen LogP contribution in [0.5, 0.6) is 0 Å². The average molecular weight is 226 g/mol. The topological polar surface area (TPSA) is 37.3 Å². The Morgan fingerprint density at radius 2 is 1.53 bits per heavy atom. The van der Waals surface area contributed by atoms with Gasteiger partial charge in [0.2, 0.25) is 0 Å². The lowest BCUT2D eigenvalue weighted by Gasteiger charge is -2.12. The molecule has 0 heterocycles. The molecular weight excluding hydrogens is 223 g/mol. The molecular formula is C8H3F5O2. The summed E-state index contributed by atoms with van der Waals surface area (Å²) in [5.74, 6) is -12.5. The molecule has 0 aromatic heterocycles. The monoisotopic (exact) mass is 226 g/mol. The summed E-state index contributed by atoms with van der Waals surface area (Å²) < 4.78 is 63.0. The highest BCUT2D eigenvalue weighted by molar-refractivity contribution is 5.77. The van der Waals surface area contributed by atoms with Crippen LogP contribution < -0.4 is 0 Å². The summed E-state index contributed by atoms with van der Waals surface area (Å²) in [5, 5.41) is 8.05. The summed E-state index contributed by atoms with van der Waals surface area (Å²) in [7, 11) is 0. The molecule has 0 unspecified atom stereocenters. The van der Waals surface area contributed by atoms with Gasteiger partial charge < -0.3 is 5.11 Å². The third-order valence-corrected chi connectivity index (χ3v) is 1.62. The van der Waals surface area contributed by atoms with E-state index in [1.165, 1.54) is 0 Å². The number of alkyl halides is 2. The standard InChI is InChI=1S/C8H3F5O2/c9-4-2-6(11)5(10)1-3(4)8(12,13)7(14)15/h1-2H,(H,14,15). The quantitative estimate of drug-likeness (QED) is 0.620. The number of aliphatic carboxylic acids is 1. The number of carboxylic acids is 1. The van der Waals surface area contributed by atoms with Crippen molar-refractivity contribution in [2.75, 3.05) is 0 Å². The second-order valence-corrected chi connectivity index (χ2v) is 2.63. The lowest BCUT2D eigenvalue weighted by atomic mass is 10.1. The fourth-order valence-electron chi connectivity index (χ4n) is 0.878. The van der Waals surface area contributed by atoms with Gasteiger partial charge in [-0.15, -0.1) is 0 Å². The minimum atomic E-state index is -4.60. The first-order valence-electron chi connectivity index (χ1n) is 3.53. The number of carbonyl (C=O) groups is 1. The molecule has 0 radical (unpaired) electrons. The largest absolute Gasteiger partial charge is 0.477 e. The highest BCUT2D eigenvalue weighted by atomic mass is 19.3. The van der Waals surface area contributed by atoms with Gasteiger partial charge in [0.1, 0.15) is 5.82 Å². The minimum absolute atomic E-state index is 0.137. The van der Waals surface area contributed by atoms with Gasteiger partial charge in [-0.05, 0) is 6.07 Å². The van der Waals surface area contributed by atoms with Crippen LogP contribution in [0, 0.1) is 17.5 Å². The molecule has 0 spiro atoms. The van der Waals surface area contributed by atoms with Crippen molar-refractivity contribution in [2.24, 2.45) is 0 Å². The number of carboxylic acid groups (broad SMARTS) is 1. The predicted molar refractivity (Wildman–Crippen MR) is 37.8 cm³/mol. The van der Waals surface area contributed by atoms with Crippen LogP contribution in [0.3, 0.4) is 0 Å². The summed E-state index contributed by atoms with van der Waals surface area (Å²) in [6.07, 6.45) is 0. The van der Waals surface area contributed by atoms with E-state index in [1.54, 1.807) is 0 Å². The van der Waals surface area contributed by atoms with E-state index in [4.69, 9.17) is 5.11 Å². The average Bonchev–Trinajstić information content (AvgIpc) is 2.10. The number of hydrogen-bond acceptors (Lipinski definition) is 1. The van der Waals surface area contributed by atoms with E-state index >= 15 is 0 Å². The number of halogens is 5. The van der Waals surface area contributed by atoms with Crippen LogP contribution in [0.15, 0.2) is 12.1 Å². The number of rotatable bonds is 2. The second-order valence-electron chi connectivity index (χ2n) is 2.63. The maximum absolute atomic E-state index is 12.7. The molecule has 7 heteroatoms. The number of benzene rings is 1. The lowest BCUT2D eigenvalue weighted by Crippen LogP contribution is -2.27. The molecule has 0 amide bonds. The second kappa shape index (κ2) is 3.48. The van der Waals surface area contributed by atoms with Crippen LogP contribution in [0.25, 0.3) is 0 Å². The lowest BCUT2D eigenvalue weighted by molar-refractivity contribution is -0.166. The fraction of sp³-hybridized carbons (Fsp3) is 0.125. The van der Waals surface area contributed by atoms with Crippen LogP contribution in [0.2, 0.25) is 0 Å². The summed E-state index contributed by atoms with van der Waals surface area (Å²) in [4.78, 5) is 10.0. The van der Waals surface area contributed by atoms with Crippen molar-refractivity contribution in [1.82, 2.24) is 0 Å². The molecule has 0 aliphatic rings. The van der Waals surface area contributed by atoms with E-state index in [0.717, 1.165) is 0 Å². The first-order chi connectivity index (χ1) is 6.76. The molecule has 1 rings (SSSR count). The highest BCUT2D eigenvalue weighted by Gasteiger charge is 2.44. The zero-order chi connectivity index (χ0) is 11.8. The molecule has 2 nitrogen and oxygen atoms in total. The zero-order valence-electron chi connectivity index (χ0n) is 6.90. The SMILES string of the molecule is O=C(O)C(F)(F)c1cc(F)c(F)cc1F. The van der Waals surface area contributed by atoms with E-state index in [9.17, 15) is 26.7 Å². The summed E-state index contributed by atoms with van der Waals surface area (Å²) in [6, 6.07) is -0.319. The predicted octanol–water partition coefficient (Wildman–Crippen LogP) is 2.28. The third-order valence-electron chi connectivity index (χ3n) is 1.62. The normalized spacial score (nSPS) is 11.5. The summed E-state index contributed by atoms with van der Waals surface area (Å²) >= 11 is 0. The van der Waals surface area contributed by atoms with Gasteiger partial charge in [0.25, 0.3) is 0 Å². The first kappa shape index (κ1) is 11.4. The Balaban J connectivity index is 3.38. The molecule has 0 saturated carbocycles. The molecule has 0 bridgehead atoms. The van der Waals surface area contributed by atoms with E-state index in [-0.39, 0.29) is 12.1 Å². The van der Waals surface area contributed by atoms with Crippen LogP contribution >= 0.6 is 0 Å². The molecule has 82 valence electrons. The Bertz CT molecular complexity index is 416. The highest BCUT2D eigenvalue weighted by Crippen LogP contribution is 2.31. The molecule has 0 aliphatic heterocycles. The van der Waals surface area contributed by atoms with Crippen LogP contribution in [-0.4, -0.2) is 11.1 Å². The van der Waals surface area contributed by atoms with E-state index in [2.05, 4.69) is 0 Å². The molecule has 0 saturated heterocycles. The van der Waals surface area contributed by atoms with Crippen molar-refractivity contribution >= 4 is 5.97 Å². The molecule has 1 N–H and O–H groups in total. The molecule has 0 aliphatic carbocycles. The van der Waals surface area contributed by atoms with Crippen molar-refractivity contribution in [3.05, 3.63) is 35.1 Å². The third kappa shape index (κ3) is 1.90. The summed E-state index contributed by atoms with van der Waals surface area (Å²) in [6.45, 7) is 0. The van der Waals surface area contributed by atoms with Crippen LogP contribution in [0.4, 0.5) is 22.0 Å². The van der Waals surface area contributed by atoms with Gasteiger partial charge in [0, 0.05) is 6.07 Å².